The van der Waals surface area contributed by atoms with Gasteiger partial charge in [0.25, 0.3) is 12.0 Å². The fourth-order valence-electron chi connectivity index (χ4n) is 4.34. The van der Waals surface area contributed by atoms with Crippen molar-refractivity contribution in [2.75, 3.05) is 6.61 Å². The van der Waals surface area contributed by atoms with Gasteiger partial charge in [-0.15, -0.1) is 0 Å². The number of carbonyl (C=O) groups is 1. The van der Waals surface area contributed by atoms with Gasteiger partial charge in [0.2, 0.25) is 11.4 Å². The van der Waals surface area contributed by atoms with Gasteiger partial charge >= 0.3 is 25.3 Å². The minimum Gasteiger partial charge on any atom is -0.462 e. The Labute approximate surface area is 245 Å². The zero-order chi connectivity index (χ0) is 32.6. The van der Waals surface area contributed by atoms with Crippen molar-refractivity contribution in [3.05, 3.63) is 75.3 Å². The van der Waals surface area contributed by atoms with E-state index >= 15 is 8.78 Å². The normalized spacial score (nSPS) is 23.5. The Morgan fingerprint density at radius 2 is 1.82 bits per heavy atom. The fourth-order valence-corrected chi connectivity index (χ4v) is 5.88. The number of hydrogen-bond donors (Lipinski definition) is 3. The molecule has 44 heavy (non-hydrogen) atoms. The number of H-pyrrole nitrogens is 1. The zero-order valence-electron chi connectivity index (χ0n) is 23.2. The van der Waals surface area contributed by atoms with E-state index in [1.54, 1.807) is 30.3 Å². The van der Waals surface area contributed by atoms with Gasteiger partial charge in [-0.25, -0.2) is 18.1 Å². The number of aromatic nitrogens is 2. The third-order valence-corrected chi connectivity index (χ3v) is 8.17. The van der Waals surface area contributed by atoms with E-state index in [4.69, 9.17) is 18.5 Å². The molecule has 5 atom stereocenters. The average molecular weight is 651 g/mol. The second-order valence-electron chi connectivity index (χ2n) is 10.1. The second kappa shape index (κ2) is 12.4. The highest BCUT2D eigenvalue weighted by Gasteiger charge is 2.74. The van der Waals surface area contributed by atoms with Crippen molar-refractivity contribution in [2.24, 2.45) is 0 Å². The monoisotopic (exact) mass is 651 g/mol. The van der Waals surface area contributed by atoms with Crippen LogP contribution in [0.2, 0.25) is 0 Å². The number of fused-ring (bicyclic) bond motifs is 1. The van der Waals surface area contributed by atoms with Crippen LogP contribution in [0.25, 0.3) is 10.8 Å². The van der Waals surface area contributed by atoms with Crippen LogP contribution >= 0.6 is 7.75 Å². The largest absolute Gasteiger partial charge is 0.462 e. The molecule has 1 unspecified atom stereocenters. The number of nitrogens with one attached hydrogen (secondary N) is 2. The van der Waals surface area contributed by atoms with Crippen molar-refractivity contribution < 1.29 is 54.9 Å². The number of nitrogens with zero attached hydrogens (tertiary/aromatic N) is 1. The van der Waals surface area contributed by atoms with E-state index in [0.29, 0.717) is 10.8 Å². The maximum atomic E-state index is 15.5. The van der Waals surface area contributed by atoms with Crippen molar-refractivity contribution >= 4 is 24.5 Å². The van der Waals surface area contributed by atoms with Crippen LogP contribution in [0, 0.1) is 5.82 Å². The summed E-state index contributed by atoms with van der Waals surface area (Å²) in [5.74, 6) is -7.74. The first-order chi connectivity index (χ1) is 20.5. The summed E-state index contributed by atoms with van der Waals surface area (Å²) in [5, 5.41) is 13.4. The van der Waals surface area contributed by atoms with Crippen molar-refractivity contribution in [3.63, 3.8) is 0 Å². The van der Waals surface area contributed by atoms with Gasteiger partial charge in [-0.3, -0.25) is 23.7 Å². The molecule has 0 bridgehead atoms. The lowest BCUT2D eigenvalue weighted by Gasteiger charge is -2.34. The maximum absolute atomic E-state index is 15.5. The van der Waals surface area contributed by atoms with Crippen molar-refractivity contribution in [1.29, 1.82) is 0 Å². The molecule has 18 heteroatoms. The van der Waals surface area contributed by atoms with E-state index in [2.05, 4.69) is 5.09 Å². The lowest BCUT2D eigenvalue weighted by Crippen LogP contribution is -2.57. The summed E-state index contributed by atoms with van der Waals surface area (Å²) in [7, 11) is -5.08. The standard InChI is InChI=1S/C26H27F5N3O9P/c1-13(2)41-22(37)14(3)33-44(39,43-18-10-6-8-15-7-4-5-9-16(15)18)40-12-25(23(28)29)26(30,31)19(35)21(42-25)34-11-17(27)20(36)32-24(34)38/h4-11,13-14,19,21,23,35H,12H2,1-3H3,(H,33,39)(H,32,36,38)/t14-,19-,21+,25-,44?/m0/s1. The lowest BCUT2D eigenvalue weighted by molar-refractivity contribution is -0.242. The molecule has 0 aliphatic carbocycles. The van der Waals surface area contributed by atoms with Crippen LogP contribution in [-0.2, 0) is 23.4 Å². The summed E-state index contributed by atoms with van der Waals surface area (Å²) in [6.07, 6.45) is -10.6. The van der Waals surface area contributed by atoms with Gasteiger partial charge in [0.05, 0.1) is 18.9 Å². The Hall–Kier alpha value is -3.63. The van der Waals surface area contributed by atoms with Crippen LogP contribution in [0.5, 0.6) is 5.75 Å². The molecule has 1 fully saturated rings. The average Bonchev–Trinajstić information content (AvgIpc) is 3.15. The Balaban J connectivity index is 1.73. The Bertz CT molecular complexity index is 1700. The molecule has 0 amide bonds. The minimum absolute atomic E-state index is 0.0477. The molecule has 0 spiro atoms. The summed E-state index contributed by atoms with van der Waals surface area (Å²) in [6, 6.07) is 9.44. The number of aliphatic hydroxyl groups excluding tert-OH is 1. The van der Waals surface area contributed by atoms with Crippen molar-refractivity contribution in [1.82, 2.24) is 14.6 Å². The molecule has 1 saturated heterocycles. The maximum Gasteiger partial charge on any atom is 0.459 e. The summed E-state index contributed by atoms with van der Waals surface area (Å²) in [5.41, 5.74) is -7.22. The molecule has 240 valence electrons. The van der Waals surface area contributed by atoms with E-state index in [9.17, 15) is 37.2 Å². The van der Waals surface area contributed by atoms with Gasteiger partial charge in [-0.05, 0) is 32.2 Å². The van der Waals surface area contributed by atoms with E-state index in [0.717, 1.165) is 6.92 Å². The van der Waals surface area contributed by atoms with Gasteiger partial charge in [0.1, 0.15) is 11.8 Å². The molecule has 2 heterocycles. The number of ether oxygens (including phenoxy) is 2. The molecular weight excluding hydrogens is 624 g/mol. The first-order valence-electron chi connectivity index (χ1n) is 12.9. The second-order valence-corrected chi connectivity index (χ2v) is 11.8. The van der Waals surface area contributed by atoms with Crippen molar-refractivity contribution in [3.8, 4) is 5.75 Å². The lowest BCUT2D eigenvalue weighted by atomic mass is 9.95. The topological polar surface area (TPSA) is 158 Å². The number of hydrogen-bond acceptors (Lipinski definition) is 9. The van der Waals surface area contributed by atoms with Gasteiger partial charge < -0.3 is 19.1 Å². The molecule has 2 aromatic carbocycles. The number of aromatic amines is 1. The van der Waals surface area contributed by atoms with Crippen LogP contribution in [0.3, 0.4) is 0 Å². The summed E-state index contributed by atoms with van der Waals surface area (Å²) < 4.78 is 108. The molecule has 1 aliphatic rings. The van der Waals surface area contributed by atoms with Crippen LogP contribution in [0.15, 0.2) is 58.3 Å². The predicted molar refractivity (Wildman–Crippen MR) is 143 cm³/mol. The number of carbonyl (C=O) groups excluding carboxylic acids is 1. The molecular formula is C26H27F5N3O9P. The molecule has 1 aromatic heterocycles. The number of rotatable bonds is 11. The molecule has 3 aromatic rings. The van der Waals surface area contributed by atoms with E-state index in [1.807, 2.05) is 0 Å². The fraction of sp³-hybridized carbons (Fsp3) is 0.423. The third kappa shape index (κ3) is 6.28. The highest BCUT2D eigenvalue weighted by atomic mass is 31.2. The number of benzene rings is 2. The van der Waals surface area contributed by atoms with Gasteiger partial charge in [0.15, 0.2) is 12.3 Å². The highest BCUT2D eigenvalue weighted by Crippen LogP contribution is 2.54. The number of alkyl halides is 4. The van der Waals surface area contributed by atoms with E-state index < -0.39 is 79.8 Å². The zero-order valence-corrected chi connectivity index (χ0v) is 24.1. The van der Waals surface area contributed by atoms with Crippen LogP contribution in [-0.4, -0.2) is 63.4 Å². The minimum atomic E-state index is -5.08. The van der Waals surface area contributed by atoms with Gasteiger partial charge in [-0.1, -0.05) is 36.4 Å². The SMILES string of the molecule is CC(C)OC(=O)[C@H](C)NP(=O)(OC[C@@]1(C(F)F)O[C@@H](n2cc(F)c(=O)[nH]c2=O)[C@H](O)C1(F)F)Oc1cccc2ccccc12. The van der Waals surface area contributed by atoms with Gasteiger partial charge in [-0.2, -0.15) is 18.3 Å². The first kappa shape index (κ1) is 33.3. The Morgan fingerprint density at radius 1 is 1.16 bits per heavy atom. The quantitative estimate of drug-likeness (QED) is 0.159. The molecule has 4 rings (SSSR count). The summed E-state index contributed by atoms with van der Waals surface area (Å²) >= 11 is 0. The number of halogens is 5. The summed E-state index contributed by atoms with van der Waals surface area (Å²) in [6.45, 7) is 2.24. The van der Waals surface area contributed by atoms with Crippen LogP contribution < -0.4 is 20.9 Å². The Kier molecular flexibility index (Phi) is 9.38. The smallest absolute Gasteiger partial charge is 0.459 e. The third-order valence-electron chi connectivity index (χ3n) is 6.56. The molecule has 0 radical (unpaired) electrons. The van der Waals surface area contributed by atoms with Gasteiger partial charge in [0, 0.05) is 5.39 Å². The number of aliphatic hydroxyl groups is 1. The molecule has 3 N–H and O–H groups in total. The van der Waals surface area contributed by atoms with E-state index in [-0.39, 0.29) is 16.5 Å². The Morgan fingerprint density at radius 3 is 2.48 bits per heavy atom. The molecule has 1 aliphatic heterocycles. The highest BCUT2D eigenvalue weighted by molar-refractivity contribution is 7.52. The van der Waals surface area contributed by atoms with Crippen LogP contribution in [0.4, 0.5) is 22.0 Å². The first-order valence-corrected chi connectivity index (χ1v) is 14.5. The molecule has 12 nitrogen and oxygen atoms in total. The number of esters is 1. The van der Waals surface area contributed by atoms with Crippen molar-refractivity contribution in [2.45, 2.75) is 63.2 Å². The molecule has 0 saturated carbocycles. The summed E-state index contributed by atoms with van der Waals surface area (Å²) in [4.78, 5) is 37.4. The van der Waals surface area contributed by atoms with E-state index in [1.165, 1.54) is 31.0 Å². The predicted octanol–water partition coefficient (Wildman–Crippen LogP) is 3.49. The van der Waals surface area contributed by atoms with Crippen LogP contribution in [0.1, 0.15) is 27.0 Å².